The summed E-state index contributed by atoms with van der Waals surface area (Å²) in [5.74, 6) is -1.05. The van der Waals surface area contributed by atoms with Gasteiger partial charge in [0.15, 0.2) is 6.23 Å². The Morgan fingerprint density at radius 1 is 1.29 bits per heavy atom. The largest absolute Gasteiger partial charge is 0.462 e. The molecule has 0 aliphatic carbocycles. The standard InChI is InChI=1S/C18H26N2O11/c1-10(22)28-8-12(30-11(2)23)4-6-27-9-29-16-15(25)13(7-21)31-17(16)20-5-3-14(24)19-18(20)26/h3,5,12-13,15-17,21,25H,4,6-9H2,1-2H3,(H,19,24,26)/t12?,13-,15-,16-,17-/m1/s1. The van der Waals surface area contributed by atoms with Crippen LogP contribution in [0.2, 0.25) is 0 Å². The average molecular weight is 446 g/mol. The summed E-state index contributed by atoms with van der Waals surface area (Å²) in [5.41, 5.74) is -1.37. The van der Waals surface area contributed by atoms with E-state index >= 15 is 0 Å². The highest BCUT2D eigenvalue weighted by atomic mass is 16.7. The van der Waals surface area contributed by atoms with Gasteiger partial charge in [0.2, 0.25) is 0 Å². The molecule has 1 aliphatic rings. The summed E-state index contributed by atoms with van der Waals surface area (Å²) in [6.07, 6.45) is -3.77. The molecule has 13 nitrogen and oxygen atoms in total. The summed E-state index contributed by atoms with van der Waals surface area (Å²) in [7, 11) is 0. The number of esters is 2. The molecule has 0 bridgehead atoms. The molecule has 1 aromatic heterocycles. The molecule has 0 radical (unpaired) electrons. The number of carbonyl (C=O) groups excluding carboxylic acids is 2. The predicted molar refractivity (Wildman–Crippen MR) is 101 cm³/mol. The minimum absolute atomic E-state index is 0.0651. The maximum atomic E-state index is 12.0. The Bertz CT molecular complexity index is 851. The van der Waals surface area contributed by atoms with Crippen LogP contribution in [0, 0.1) is 0 Å². The second-order valence-electron chi connectivity index (χ2n) is 6.74. The van der Waals surface area contributed by atoms with E-state index < -0.39 is 60.4 Å². The Kier molecular flexibility index (Phi) is 9.33. The number of hydrogen-bond acceptors (Lipinski definition) is 11. The summed E-state index contributed by atoms with van der Waals surface area (Å²) in [5, 5.41) is 19.7. The molecule has 2 rings (SSSR count). The van der Waals surface area contributed by atoms with Crippen LogP contribution in [-0.4, -0.2) is 82.7 Å². The number of H-pyrrole nitrogens is 1. The second kappa shape index (κ2) is 11.7. The Morgan fingerprint density at radius 2 is 2.03 bits per heavy atom. The Morgan fingerprint density at radius 3 is 2.65 bits per heavy atom. The van der Waals surface area contributed by atoms with Crippen molar-refractivity contribution < 1.29 is 43.5 Å². The number of rotatable bonds is 11. The molecule has 1 fully saturated rings. The van der Waals surface area contributed by atoms with Gasteiger partial charge in [0.05, 0.1) is 13.2 Å². The van der Waals surface area contributed by atoms with Gasteiger partial charge in [-0.2, -0.15) is 0 Å². The Hall–Kier alpha value is -2.58. The molecule has 174 valence electrons. The van der Waals surface area contributed by atoms with E-state index in [0.29, 0.717) is 0 Å². The molecular weight excluding hydrogens is 420 g/mol. The topological polar surface area (TPSA) is 176 Å². The number of aliphatic hydroxyl groups excluding tert-OH is 2. The molecule has 0 saturated carbocycles. The molecule has 1 saturated heterocycles. The van der Waals surface area contributed by atoms with Gasteiger partial charge < -0.3 is 33.9 Å². The molecule has 1 unspecified atom stereocenters. The molecule has 0 aromatic carbocycles. The van der Waals surface area contributed by atoms with E-state index in [0.717, 1.165) is 10.6 Å². The molecule has 0 amide bonds. The number of nitrogens with zero attached hydrogens (tertiary/aromatic N) is 1. The SMILES string of the molecule is CC(=O)OCC(CCOCO[C@@H]1[C@H](O)[C@@H](CO)O[C@H]1n1ccc(=O)[nH]c1=O)OC(C)=O. The average Bonchev–Trinajstić information content (AvgIpc) is 3.00. The quantitative estimate of drug-likeness (QED) is 0.195. The number of aromatic amines is 1. The van der Waals surface area contributed by atoms with E-state index in [1.165, 1.54) is 20.0 Å². The lowest BCUT2D eigenvalue weighted by Gasteiger charge is -2.22. The van der Waals surface area contributed by atoms with Crippen molar-refractivity contribution in [2.45, 2.75) is 50.9 Å². The Labute approximate surface area is 176 Å². The summed E-state index contributed by atoms with van der Waals surface area (Å²) in [4.78, 5) is 47.4. The fourth-order valence-corrected chi connectivity index (χ4v) is 2.92. The van der Waals surface area contributed by atoms with Crippen LogP contribution in [0.3, 0.4) is 0 Å². The monoisotopic (exact) mass is 446 g/mol. The number of carbonyl (C=O) groups is 2. The number of ether oxygens (including phenoxy) is 5. The summed E-state index contributed by atoms with van der Waals surface area (Å²) >= 11 is 0. The number of hydrogen-bond donors (Lipinski definition) is 3. The van der Waals surface area contributed by atoms with E-state index in [1.807, 2.05) is 0 Å². The number of aliphatic hydroxyl groups is 2. The number of aromatic nitrogens is 2. The van der Waals surface area contributed by atoms with Crippen molar-refractivity contribution in [3.63, 3.8) is 0 Å². The first kappa shape index (κ1) is 24.7. The lowest BCUT2D eigenvalue weighted by atomic mass is 10.1. The smallest absolute Gasteiger partial charge is 0.330 e. The molecule has 2 heterocycles. The first-order valence-corrected chi connectivity index (χ1v) is 9.48. The normalized spacial score (nSPS) is 24.0. The van der Waals surface area contributed by atoms with Gasteiger partial charge in [-0.05, 0) is 0 Å². The van der Waals surface area contributed by atoms with Crippen molar-refractivity contribution in [3.8, 4) is 0 Å². The van der Waals surface area contributed by atoms with Crippen LogP contribution in [0.15, 0.2) is 21.9 Å². The zero-order valence-electron chi connectivity index (χ0n) is 17.1. The van der Waals surface area contributed by atoms with Crippen molar-refractivity contribution in [2.75, 3.05) is 26.6 Å². The predicted octanol–water partition coefficient (Wildman–Crippen LogP) is -1.97. The zero-order chi connectivity index (χ0) is 23.0. The van der Waals surface area contributed by atoms with Gasteiger partial charge in [0.1, 0.15) is 37.8 Å². The third kappa shape index (κ3) is 7.25. The van der Waals surface area contributed by atoms with Crippen LogP contribution in [0.5, 0.6) is 0 Å². The maximum Gasteiger partial charge on any atom is 0.330 e. The van der Waals surface area contributed by atoms with Crippen LogP contribution < -0.4 is 11.2 Å². The van der Waals surface area contributed by atoms with Crippen molar-refractivity contribution in [1.29, 1.82) is 0 Å². The third-order valence-corrected chi connectivity index (χ3v) is 4.35. The molecule has 0 spiro atoms. The van der Waals surface area contributed by atoms with Crippen LogP contribution in [0.4, 0.5) is 0 Å². The first-order chi connectivity index (χ1) is 14.7. The van der Waals surface area contributed by atoms with Crippen molar-refractivity contribution >= 4 is 11.9 Å². The molecule has 13 heteroatoms. The van der Waals surface area contributed by atoms with Crippen LogP contribution >= 0.6 is 0 Å². The van der Waals surface area contributed by atoms with Gasteiger partial charge in [-0.3, -0.25) is 23.9 Å². The van der Waals surface area contributed by atoms with Crippen molar-refractivity contribution in [1.82, 2.24) is 9.55 Å². The third-order valence-electron chi connectivity index (χ3n) is 4.35. The van der Waals surface area contributed by atoms with Gasteiger partial charge in [-0.15, -0.1) is 0 Å². The van der Waals surface area contributed by atoms with Crippen LogP contribution in [0.1, 0.15) is 26.5 Å². The first-order valence-electron chi connectivity index (χ1n) is 9.48. The minimum atomic E-state index is -1.27. The van der Waals surface area contributed by atoms with Crippen LogP contribution in [0.25, 0.3) is 0 Å². The maximum absolute atomic E-state index is 12.0. The van der Waals surface area contributed by atoms with Gasteiger partial charge in [0, 0.05) is 32.5 Å². The molecule has 1 aromatic rings. The number of nitrogens with one attached hydrogen (secondary N) is 1. The zero-order valence-corrected chi connectivity index (χ0v) is 17.1. The van der Waals surface area contributed by atoms with Gasteiger partial charge >= 0.3 is 17.6 Å². The lowest BCUT2D eigenvalue weighted by molar-refractivity contribution is -0.161. The van der Waals surface area contributed by atoms with Crippen molar-refractivity contribution in [3.05, 3.63) is 33.1 Å². The highest BCUT2D eigenvalue weighted by molar-refractivity contribution is 5.67. The molecular formula is C18H26N2O11. The lowest BCUT2D eigenvalue weighted by Crippen LogP contribution is -2.39. The van der Waals surface area contributed by atoms with E-state index in [2.05, 4.69) is 4.98 Å². The molecule has 1 aliphatic heterocycles. The molecule has 31 heavy (non-hydrogen) atoms. The molecule has 3 N–H and O–H groups in total. The highest BCUT2D eigenvalue weighted by Gasteiger charge is 2.45. The molecule has 5 atom stereocenters. The summed E-state index contributed by atoms with van der Waals surface area (Å²) < 4.78 is 27.2. The van der Waals surface area contributed by atoms with E-state index in [9.17, 15) is 29.4 Å². The summed E-state index contributed by atoms with van der Waals surface area (Å²) in [6.45, 7) is 1.56. The van der Waals surface area contributed by atoms with Gasteiger partial charge in [-0.25, -0.2) is 4.79 Å². The van der Waals surface area contributed by atoms with E-state index in [4.69, 9.17) is 23.7 Å². The van der Waals surface area contributed by atoms with Crippen molar-refractivity contribution in [2.24, 2.45) is 0 Å². The highest BCUT2D eigenvalue weighted by Crippen LogP contribution is 2.30. The second-order valence-corrected chi connectivity index (χ2v) is 6.74. The fraction of sp³-hybridized carbons (Fsp3) is 0.667. The van der Waals surface area contributed by atoms with Gasteiger partial charge in [0.25, 0.3) is 5.56 Å². The van der Waals surface area contributed by atoms with Crippen LogP contribution in [-0.2, 0) is 33.3 Å². The summed E-state index contributed by atoms with van der Waals surface area (Å²) in [6, 6.07) is 1.11. The van der Waals surface area contributed by atoms with Gasteiger partial charge in [-0.1, -0.05) is 0 Å². The van der Waals surface area contributed by atoms with E-state index in [1.54, 1.807) is 0 Å². The fourth-order valence-electron chi connectivity index (χ4n) is 2.92. The Balaban J connectivity index is 1.91. The minimum Gasteiger partial charge on any atom is -0.462 e. The van der Waals surface area contributed by atoms with E-state index in [-0.39, 0.29) is 26.4 Å².